The lowest BCUT2D eigenvalue weighted by Crippen LogP contribution is -2.24. The quantitative estimate of drug-likeness (QED) is 0.227. The monoisotopic (exact) mass is 497 g/mol. The molecule has 1 heterocycles. The van der Waals surface area contributed by atoms with Crippen molar-refractivity contribution in [1.82, 2.24) is 9.55 Å². The number of aryl methyl sites for hydroxylation is 1. The minimum Gasteiger partial charge on any atom is -0.293 e. The van der Waals surface area contributed by atoms with Crippen molar-refractivity contribution in [3.8, 4) is 0 Å². The number of primary sulfonamides is 1. The van der Waals surface area contributed by atoms with Crippen LogP contribution in [0.1, 0.15) is 15.9 Å². The van der Waals surface area contributed by atoms with Crippen LogP contribution in [0.3, 0.4) is 0 Å². The van der Waals surface area contributed by atoms with Gasteiger partial charge in [-0.15, -0.1) is 0 Å². The standard InChI is InChI=1S/C24H20FN3O4S2/c25-18-9-7-17(8-10-18)22(29)15-33-24-27-21-4-2-1-3-20(21)23(30)28(24)14-13-16-5-11-19(12-6-16)34(26,31)32/h1-12H,13-15H2,(H2,26,31,32). The van der Waals surface area contributed by atoms with Gasteiger partial charge in [-0.05, 0) is 60.5 Å². The van der Waals surface area contributed by atoms with Crippen LogP contribution < -0.4 is 10.7 Å². The number of sulfonamides is 1. The average molecular weight is 498 g/mol. The van der Waals surface area contributed by atoms with E-state index in [0.29, 0.717) is 28.0 Å². The van der Waals surface area contributed by atoms with Gasteiger partial charge in [-0.25, -0.2) is 22.9 Å². The topological polar surface area (TPSA) is 112 Å². The number of nitrogens with two attached hydrogens (primary N) is 1. The van der Waals surface area contributed by atoms with Gasteiger partial charge in [0.1, 0.15) is 5.82 Å². The number of Topliss-reactive ketones (excluding diaryl/α,β-unsaturated/α-hetero) is 1. The summed E-state index contributed by atoms with van der Waals surface area (Å²) in [7, 11) is -3.79. The molecule has 4 aromatic rings. The van der Waals surface area contributed by atoms with Gasteiger partial charge in [0.25, 0.3) is 5.56 Å². The third-order valence-corrected chi connectivity index (χ3v) is 7.11. The van der Waals surface area contributed by atoms with Gasteiger partial charge in [-0.3, -0.25) is 14.2 Å². The molecule has 0 saturated carbocycles. The van der Waals surface area contributed by atoms with Crippen molar-refractivity contribution in [2.75, 3.05) is 5.75 Å². The van der Waals surface area contributed by atoms with Crippen LogP contribution in [0.15, 0.2) is 87.6 Å². The predicted octanol–water partition coefficient (Wildman–Crippen LogP) is 3.40. The average Bonchev–Trinajstić information content (AvgIpc) is 2.82. The highest BCUT2D eigenvalue weighted by Crippen LogP contribution is 2.20. The summed E-state index contributed by atoms with van der Waals surface area (Å²) in [5.41, 5.74) is 1.48. The van der Waals surface area contributed by atoms with Gasteiger partial charge < -0.3 is 0 Å². The molecule has 174 valence electrons. The molecule has 0 atom stereocenters. The number of fused-ring (bicyclic) bond motifs is 1. The van der Waals surface area contributed by atoms with Crippen molar-refractivity contribution in [2.45, 2.75) is 23.0 Å². The second-order valence-electron chi connectivity index (χ2n) is 7.53. The zero-order valence-electron chi connectivity index (χ0n) is 17.8. The molecule has 0 aliphatic heterocycles. The van der Waals surface area contributed by atoms with E-state index in [1.807, 2.05) is 0 Å². The fraction of sp³-hybridized carbons (Fsp3) is 0.125. The van der Waals surface area contributed by atoms with E-state index in [2.05, 4.69) is 4.98 Å². The molecule has 34 heavy (non-hydrogen) atoms. The Labute approximate surface area is 199 Å². The Morgan fingerprint density at radius 1 is 1.00 bits per heavy atom. The first-order valence-electron chi connectivity index (χ1n) is 10.3. The molecule has 0 radical (unpaired) electrons. The van der Waals surface area contributed by atoms with Crippen LogP contribution >= 0.6 is 11.8 Å². The van der Waals surface area contributed by atoms with Gasteiger partial charge in [0.05, 0.1) is 21.6 Å². The van der Waals surface area contributed by atoms with Crippen LogP contribution in [0.4, 0.5) is 4.39 Å². The third kappa shape index (κ3) is 5.41. The summed E-state index contributed by atoms with van der Waals surface area (Å²) in [5.74, 6) is -0.608. The smallest absolute Gasteiger partial charge is 0.262 e. The first-order chi connectivity index (χ1) is 16.2. The van der Waals surface area contributed by atoms with Crippen LogP contribution in [0.2, 0.25) is 0 Å². The Morgan fingerprint density at radius 3 is 2.35 bits per heavy atom. The molecule has 0 saturated heterocycles. The second-order valence-corrected chi connectivity index (χ2v) is 10.0. The number of halogens is 1. The molecule has 7 nitrogen and oxygen atoms in total. The van der Waals surface area contributed by atoms with E-state index < -0.39 is 15.8 Å². The number of ketones is 1. The molecule has 0 amide bonds. The number of hydrogen-bond acceptors (Lipinski definition) is 6. The summed E-state index contributed by atoms with van der Waals surface area (Å²) < 4.78 is 37.6. The summed E-state index contributed by atoms with van der Waals surface area (Å²) in [6, 6.07) is 18.4. The van der Waals surface area contributed by atoms with Gasteiger partial charge in [0, 0.05) is 12.1 Å². The molecule has 0 fully saturated rings. The maximum Gasteiger partial charge on any atom is 0.262 e. The summed E-state index contributed by atoms with van der Waals surface area (Å²) in [6.45, 7) is 0.276. The van der Waals surface area contributed by atoms with Gasteiger partial charge in [-0.1, -0.05) is 36.0 Å². The molecule has 1 aromatic heterocycles. The predicted molar refractivity (Wildman–Crippen MR) is 129 cm³/mol. The number of rotatable bonds is 8. The summed E-state index contributed by atoms with van der Waals surface area (Å²) in [4.78, 5) is 30.4. The highest BCUT2D eigenvalue weighted by atomic mass is 32.2. The largest absolute Gasteiger partial charge is 0.293 e. The van der Waals surface area contributed by atoms with Gasteiger partial charge in [-0.2, -0.15) is 0 Å². The Bertz CT molecular complexity index is 1520. The number of aromatic nitrogens is 2. The van der Waals surface area contributed by atoms with Gasteiger partial charge in [0.15, 0.2) is 10.9 Å². The van der Waals surface area contributed by atoms with Crippen molar-refractivity contribution < 1.29 is 17.6 Å². The molecular weight excluding hydrogens is 477 g/mol. The Hall–Kier alpha value is -3.34. The molecule has 10 heteroatoms. The minimum absolute atomic E-state index is 0.0105. The van der Waals surface area contributed by atoms with Crippen molar-refractivity contribution in [3.63, 3.8) is 0 Å². The maximum absolute atomic E-state index is 13.2. The molecular formula is C24H20FN3O4S2. The van der Waals surface area contributed by atoms with E-state index in [9.17, 15) is 22.4 Å². The van der Waals surface area contributed by atoms with Crippen molar-refractivity contribution in [2.24, 2.45) is 5.14 Å². The molecule has 0 aliphatic carbocycles. The molecule has 0 unspecified atom stereocenters. The van der Waals surface area contributed by atoms with Gasteiger partial charge >= 0.3 is 0 Å². The number of carbonyl (C=O) groups is 1. The Morgan fingerprint density at radius 2 is 1.68 bits per heavy atom. The van der Waals surface area contributed by atoms with Crippen LogP contribution in [0.25, 0.3) is 10.9 Å². The molecule has 0 spiro atoms. The zero-order chi connectivity index (χ0) is 24.3. The normalized spacial score (nSPS) is 11.6. The first-order valence-corrected chi connectivity index (χ1v) is 12.8. The van der Waals surface area contributed by atoms with Crippen molar-refractivity contribution in [3.05, 3.63) is 100 Å². The number of thioether (sulfide) groups is 1. The maximum atomic E-state index is 13.2. The van der Waals surface area contributed by atoms with Crippen LogP contribution in [-0.4, -0.2) is 29.5 Å². The van der Waals surface area contributed by atoms with E-state index >= 15 is 0 Å². The number of hydrogen-bond donors (Lipinski definition) is 1. The van der Waals surface area contributed by atoms with Gasteiger partial charge in [0.2, 0.25) is 10.0 Å². The number of carbonyl (C=O) groups excluding carboxylic acids is 1. The fourth-order valence-corrected chi connectivity index (χ4v) is 4.83. The highest BCUT2D eigenvalue weighted by molar-refractivity contribution is 7.99. The molecule has 4 rings (SSSR count). The molecule has 3 aromatic carbocycles. The van der Waals surface area contributed by atoms with Crippen LogP contribution in [0.5, 0.6) is 0 Å². The number of para-hydroxylation sites is 1. The summed E-state index contributed by atoms with van der Waals surface area (Å²) >= 11 is 1.14. The molecule has 2 N–H and O–H groups in total. The fourth-order valence-electron chi connectivity index (χ4n) is 3.39. The lowest BCUT2D eigenvalue weighted by molar-refractivity contribution is 0.102. The molecule has 0 bridgehead atoms. The van der Waals surface area contributed by atoms with E-state index in [4.69, 9.17) is 5.14 Å². The second kappa shape index (κ2) is 9.88. The zero-order valence-corrected chi connectivity index (χ0v) is 19.5. The highest BCUT2D eigenvalue weighted by Gasteiger charge is 2.15. The van der Waals surface area contributed by atoms with E-state index in [0.717, 1.165) is 17.3 Å². The molecule has 0 aliphatic rings. The SMILES string of the molecule is NS(=O)(=O)c1ccc(CCn2c(SCC(=O)c3ccc(F)cc3)nc3ccccc3c2=O)cc1. The lowest BCUT2D eigenvalue weighted by atomic mass is 10.1. The number of nitrogens with zero attached hydrogens (tertiary/aromatic N) is 2. The first kappa shape index (κ1) is 23.8. The van der Waals surface area contributed by atoms with Crippen LogP contribution in [0, 0.1) is 5.82 Å². The Balaban J connectivity index is 1.60. The van der Waals surface area contributed by atoms with E-state index in [1.54, 1.807) is 36.4 Å². The summed E-state index contributed by atoms with van der Waals surface area (Å²) in [5, 5.41) is 5.99. The van der Waals surface area contributed by atoms with Crippen molar-refractivity contribution >= 4 is 38.5 Å². The van der Waals surface area contributed by atoms with E-state index in [1.165, 1.54) is 41.0 Å². The minimum atomic E-state index is -3.79. The van der Waals surface area contributed by atoms with E-state index in [-0.39, 0.29) is 28.5 Å². The third-order valence-electron chi connectivity index (χ3n) is 5.20. The lowest BCUT2D eigenvalue weighted by Gasteiger charge is -2.13. The van der Waals surface area contributed by atoms with Crippen molar-refractivity contribution in [1.29, 1.82) is 0 Å². The number of benzene rings is 3. The summed E-state index contributed by atoms with van der Waals surface area (Å²) in [6.07, 6.45) is 0.435. The van der Waals surface area contributed by atoms with Crippen LogP contribution in [-0.2, 0) is 23.0 Å². The Kier molecular flexibility index (Phi) is 6.92.